The maximum Gasteiger partial charge on any atom is 0.338 e. The lowest BCUT2D eigenvalue weighted by Crippen LogP contribution is -2.03. The second kappa shape index (κ2) is 6.44. The minimum Gasteiger partial charge on any atom is -0.465 e. The van der Waals surface area contributed by atoms with Crippen LogP contribution in [-0.2, 0) is 22.5 Å². The maximum absolute atomic E-state index is 12.0. The zero-order valence-electron chi connectivity index (χ0n) is 12.7. The molecule has 1 aromatic heterocycles. The Morgan fingerprint density at radius 1 is 1.17 bits per heavy atom. The average molecular weight is 308 g/mol. The Labute approximate surface area is 133 Å². The van der Waals surface area contributed by atoms with Crippen molar-refractivity contribution in [1.82, 2.24) is 9.78 Å². The summed E-state index contributed by atoms with van der Waals surface area (Å²) in [5.41, 5.74) is 2.93. The number of fused-ring (bicyclic) bond motifs is 1. The number of aldehydes is 1. The number of rotatable bonds is 5. The van der Waals surface area contributed by atoms with E-state index in [1.807, 2.05) is 41.1 Å². The lowest BCUT2D eigenvalue weighted by atomic mass is 10.1. The molecule has 0 saturated carbocycles. The molecule has 5 nitrogen and oxygen atoms in total. The molecule has 0 fully saturated rings. The van der Waals surface area contributed by atoms with Crippen LogP contribution in [-0.4, -0.2) is 29.1 Å². The summed E-state index contributed by atoms with van der Waals surface area (Å²) in [4.78, 5) is 23.0. The van der Waals surface area contributed by atoms with Crippen LogP contribution >= 0.6 is 0 Å². The number of esters is 1. The summed E-state index contributed by atoms with van der Waals surface area (Å²) in [5.74, 6) is -0.429. The number of hydrogen-bond acceptors (Lipinski definition) is 4. The van der Waals surface area contributed by atoms with Crippen molar-refractivity contribution < 1.29 is 14.3 Å². The van der Waals surface area contributed by atoms with Gasteiger partial charge in [-0.05, 0) is 17.7 Å². The molecule has 3 aromatic rings. The van der Waals surface area contributed by atoms with E-state index in [9.17, 15) is 9.59 Å². The number of nitrogens with zero attached hydrogens (tertiary/aromatic N) is 2. The Morgan fingerprint density at radius 3 is 2.65 bits per heavy atom. The van der Waals surface area contributed by atoms with Crippen LogP contribution in [0.25, 0.3) is 10.9 Å². The van der Waals surface area contributed by atoms with Gasteiger partial charge in [-0.3, -0.25) is 4.68 Å². The van der Waals surface area contributed by atoms with Crippen molar-refractivity contribution >= 4 is 23.2 Å². The first-order valence-electron chi connectivity index (χ1n) is 7.29. The van der Waals surface area contributed by atoms with Crippen LogP contribution in [0, 0.1) is 0 Å². The van der Waals surface area contributed by atoms with E-state index in [1.54, 1.807) is 12.1 Å². The summed E-state index contributed by atoms with van der Waals surface area (Å²) < 4.78 is 6.66. The molecular formula is C18H16N2O3. The first-order chi connectivity index (χ1) is 11.2. The minimum atomic E-state index is -0.429. The second-order valence-electron chi connectivity index (χ2n) is 5.15. The van der Waals surface area contributed by atoms with E-state index in [0.29, 0.717) is 23.2 Å². The molecule has 0 aliphatic rings. The Bertz CT molecular complexity index is 853. The lowest BCUT2D eigenvalue weighted by molar-refractivity contribution is -0.107. The molecule has 5 heteroatoms. The standard InChI is InChI=1S/C18H16N2O3/c1-23-18(22)14-8-5-9-16-17(14)15(10-11-21)19-20(16)12-13-6-3-2-4-7-13/h2-9,11H,10,12H2,1H3. The molecular weight excluding hydrogens is 292 g/mol. The minimum absolute atomic E-state index is 0.159. The number of methoxy groups -OCH3 is 1. The molecule has 0 bridgehead atoms. The van der Waals surface area contributed by atoms with Crippen LogP contribution in [0.5, 0.6) is 0 Å². The van der Waals surface area contributed by atoms with Crippen LogP contribution in [0.1, 0.15) is 21.6 Å². The molecule has 0 amide bonds. The number of aromatic nitrogens is 2. The van der Waals surface area contributed by atoms with E-state index in [4.69, 9.17) is 4.74 Å². The van der Waals surface area contributed by atoms with Crippen LogP contribution < -0.4 is 0 Å². The van der Waals surface area contributed by atoms with Gasteiger partial charge in [-0.15, -0.1) is 0 Å². The van der Waals surface area contributed by atoms with E-state index < -0.39 is 5.97 Å². The van der Waals surface area contributed by atoms with Crippen molar-refractivity contribution in [2.24, 2.45) is 0 Å². The lowest BCUT2D eigenvalue weighted by Gasteiger charge is -2.05. The third kappa shape index (κ3) is 2.85. The first-order valence-corrected chi connectivity index (χ1v) is 7.29. The van der Waals surface area contributed by atoms with E-state index in [-0.39, 0.29) is 6.42 Å². The third-order valence-corrected chi connectivity index (χ3v) is 3.71. The smallest absolute Gasteiger partial charge is 0.338 e. The predicted molar refractivity (Wildman–Crippen MR) is 86.4 cm³/mol. The molecule has 1 heterocycles. The highest BCUT2D eigenvalue weighted by Crippen LogP contribution is 2.24. The maximum atomic E-state index is 12.0. The molecule has 116 valence electrons. The Kier molecular flexibility index (Phi) is 4.19. The summed E-state index contributed by atoms with van der Waals surface area (Å²) in [5, 5.41) is 5.21. The summed E-state index contributed by atoms with van der Waals surface area (Å²) in [7, 11) is 1.34. The Hall–Kier alpha value is -2.95. The van der Waals surface area contributed by atoms with Gasteiger partial charge in [0.05, 0.1) is 30.4 Å². The normalized spacial score (nSPS) is 10.7. The number of benzene rings is 2. The van der Waals surface area contributed by atoms with Crippen molar-refractivity contribution in [2.75, 3.05) is 7.11 Å². The van der Waals surface area contributed by atoms with Crippen LogP contribution in [0.15, 0.2) is 48.5 Å². The molecule has 0 N–H and O–H groups in total. The monoisotopic (exact) mass is 308 g/mol. The van der Waals surface area contributed by atoms with E-state index >= 15 is 0 Å². The van der Waals surface area contributed by atoms with Crippen LogP contribution in [0.2, 0.25) is 0 Å². The quantitative estimate of drug-likeness (QED) is 0.537. The van der Waals surface area contributed by atoms with Crippen molar-refractivity contribution in [1.29, 1.82) is 0 Å². The fraction of sp³-hybridized carbons (Fsp3) is 0.167. The zero-order valence-corrected chi connectivity index (χ0v) is 12.7. The van der Waals surface area contributed by atoms with E-state index in [0.717, 1.165) is 17.4 Å². The average Bonchev–Trinajstić information content (AvgIpc) is 2.93. The van der Waals surface area contributed by atoms with E-state index in [2.05, 4.69) is 5.10 Å². The predicted octanol–water partition coefficient (Wildman–Crippen LogP) is 2.61. The molecule has 0 saturated heterocycles. The van der Waals surface area contributed by atoms with Gasteiger partial charge in [0.25, 0.3) is 0 Å². The van der Waals surface area contributed by atoms with E-state index in [1.165, 1.54) is 7.11 Å². The molecule has 0 radical (unpaired) electrons. The summed E-state index contributed by atoms with van der Waals surface area (Å²) >= 11 is 0. The van der Waals surface area contributed by atoms with Gasteiger partial charge in [0.1, 0.15) is 6.29 Å². The number of hydrogen-bond donors (Lipinski definition) is 0. The third-order valence-electron chi connectivity index (χ3n) is 3.71. The Morgan fingerprint density at radius 2 is 1.96 bits per heavy atom. The second-order valence-corrected chi connectivity index (χ2v) is 5.15. The molecule has 0 unspecified atom stereocenters. The SMILES string of the molecule is COC(=O)c1cccc2c1c(CC=O)nn2Cc1ccccc1. The molecule has 0 spiro atoms. The van der Waals surface area contributed by atoms with Crippen molar-refractivity contribution in [3.05, 3.63) is 65.4 Å². The number of carbonyl (C=O) groups is 2. The highest BCUT2D eigenvalue weighted by molar-refractivity contribution is 6.05. The van der Waals surface area contributed by atoms with Gasteiger partial charge in [-0.2, -0.15) is 5.10 Å². The summed E-state index contributed by atoms with van der Waals surface area (Å²) in [6.07, 6.45) is 0.953. The largest absolute Gasteiger partial charge is 0.465 e. The topological polar surface area (TPSA) is 61.2 Å². The summed E-state index contributed by atoms with van der Waals surface area (Å²) in [6, 6.07) is 15.3. The molecule has 0 aliphatic carbocycles. The highest BCUT2D eigenvalue weighted by atomic mass is 16.5. The fourth-order valence-electron chi connectivity index (χ4n) is 2.69. The van der Waals surface area contributed by atoms with Crippen molar-refractivity contribution in [3.63, 3.8) is 0 Å². The van der Waals surface area contributed by atoms with Gasteiger partial charge < -0.3 is 9.53 Å². The molecule has 3 rings (SSSR count). The summed E-state index contributed by atoms with van der Waals surface area (Å²) in [6.45, 7) is 0.570. The van der Waals surface area contributed by atoms with Gasteiger partial charge in [-0.1, -0.05) is 36.4 Å². The van der Waals surface area contributed by atoms with Gasteiger partial charge in [0, 0.05) is 11.8 Å². The van der Waals surface area contributed by atoms with Crippen molar-refractivity contribution in [3.8, 4) is 0 Å². The van der Waals surface area contributed by atoms with Gasteiger partial charge >= 0.3 is 5.97 Å². The van der Waals surface area contributed by atoms with Crippen LogP contribution in [0.4, 0.5) is 0 Å². The molecule has 2 aromatic carbocycles. The number of carbonyl (C=O) groups excluding carboxylic acids is 2. The number of ether oxygens (including phenoxy) is 1. The van der Waals surface area contributed by atoms with Gasteiger partial charge in [0.2, 0.25) is 0 Å². The van der Waals surface area contributed by atoms with Crippen LogP contribution in [0.3, 0.4) is 0 Å². The molecule has 23 heavy (non-hydrogen) atoms. The molecule has 0 aliphatic heterocycles. The van der Waals surface area contributed by atoms with Gasteiger partial charge in [-0.25, -0.2) is 4.79 Å². The van der Waals surface area contributed by atoms with Gasteiger partial charge in [0.15, 0.2) is 0 Å². The first kappa shape index (κ1) is 15.0. The fourth-order valence-corrected chi connectivity index (χ4v) is 2.69. The zero-order chi connectivity index (χ0) is 16.2. The molecule has 0 atom stereocenters. The Balaban J connectivity index is 2.16. The highest BCUT2D eigenvalue weighted by Gasteiger charge is 2.18. The van der Waals surface area contributed by atoms with Crippen molar-refractivity contribution in [2.45, 2.75) is 13.0 Å².